The molecule has 1 aromatic rings. The van der Waals surface area contributed by atoms with Gasteiger partial charge in [0.05, 0.1) is 19.8 Å². The molecule has 0 bridgehead atoms. The van der Waals surface area contributed by atoms with Crippen molar-refractivity contribution in [2.45, 2.75) is 12.8 Å². The Hall–Kier alpha value is -1.82. The standard InChI is InChI=1S/C18H24ClN3O2/c1-13-9-14(16-5-3-4-6-17(16)19)10-15(22-13)12-24-8-7-21-11-18(23)20-2/h3-6,9-10,14,21-22H,7-8,11-12H2,1-2H3,(H,20,23). The number of benzene rings is 1. The van der Waals surface area contributed by atoms with E-state index < -0.39 is 0 Å². The fraction of sp³-hybridized carbons (Fsp3) is 0.389. The van der Waals surface area contributed by atoms with E-state index in [-0.39, 0.29) is 11.8 Å². The number of allylic oxidation sites excluding steroid dienone is 3. The first-order chi connectivity index (χ1) is 11.6. The molecule has 1 aliphatic rings. The van der Waals surface area contributed by atoms with Crippen LogP contribution < -0.4 is 16.0 Å². The zero-order chi connectivity index (χ0) is 17.4. The Labute approximate surface area is 148 Å². The number of nitrogens with one attached hydrogen (secondary N) is 3. The van der Waals surface area contributed by atoms with Crippen molar-refractivity contribution in [3.8, 4) is 0 Å². The fourth-order valence-electron chi connectivity index (χ4n) is 2.50. The van der Waals surface area contributed by atoms with E-state index in [1.807, 2.05) is 31.2 Å². The first-order valence-corrected chi connectivity index (χ1v) is 8.37. The van der Waals surface area contributed by atoms with E-state index in [0.717, 1.165) is 22.0 Å². The molecule has 130 valence electrons. The largest absolute Gasteiger partial charge is 0.374 e. The van der Waals surface area contributed by atoms with Gasteiger partial charge in [0.15, 0.2) is 0 Å². The molecule has 0 saturated heterocycles. The highest BCUT2D eigenvalue weighted by atomic mass is 35.5. The number of ether oxygens (including phenoxy) is 1. The van der Waals surface area contributed by atoms with E-state index >= 15 is 0 Å². The first kappa shape index (κ1) is 18.5. The highest BCUT2D eigenvalue weighted by Crippen LogP contribution is 2.30. The molecule has 1 heterocycles. The predicted molar refractivity (Wildman–Crippen MR) is 96.9 cm³/mol. The molecule has 24 heavy (non-hydrogen) atoms. The number of hydrogen-bond acceptors (Lipinski definition) is 4. The second-order valence-corrected chi connectivity index (χ2v) is 6.02. The summed E-state index contributed by atoms with van der Waals surface area (Å²) >= 11 is 6.30. The maximum Gasteiger partial charge on any atom is 0.233 e. The van der Waals surface area contributed by atoms with Crippen LogP contribution in [0.2, 0.25) is 5.02 Å². The number of hydrogen-bond donors (Lipinski definition) is 3. The van der Waals surface area contributed by atoms with E-state index in [1.165, 1.54) is 0 Å². The maximum atomic E-state index is 11.1. The van der Waals surface area contributed by atoms with Crippen molar-refractivity contribution >= 4 is 17.5 Å². The van der Waals surface area contributed by atoms with Gasteiger partial charge in [0.2, 0.25) is 5.91 Å². The molecule has 1 amide bonds. The quantitative estimate of drug-likeness (QED) is 0.629. The third kappa shape index (κ3) is 5.67. The van der Waals surface area contributed by atoms with Crippen molar-refractivity contribution in [2.24, 2.45) is 0 Å². The Kier molecular flexibility index (Phi) is 7.31. The van der Waals surface area contributed by atoms with Crippen molar-refractivity contribution in [2.75, 3.05) is 33.4 Å². The lowest BCUT2D eigenvalue weighted by molar-refractivity contribution is -0.119. The molecule has 6 heteroatoms. The van der Waals surface area contributed by atoms with Crippen LogP contribution in [0.1, 0.15) is 18.4 Å². The Morgan fingerprint density at radius 1 is 1.33 bits per heavy atom. The fourth-order valence-corrected chi connectivity index (χ4v) is 2.76. The van der Waals surface area contributed by atoms with Crippen molar-refractivity contribution in [3.63, 3.8) is 0 Å². The lowest BCUT2D eigenvalue weighted by Crippen LogP contribution is -2.33. The summed E-state index contributed by atoms with van der Waals surface area (Å²) in [6.45, 7) is 3.99. The summed E-state index contributed by atoms with van der Waals surface area (Å²) in [6.07, 6.45) is 4.28. The normalized spacial score (nSPS) is 16.9. The monoisotopic (exact) mass is 349 g/mol. The second-order valence-electron chi connectivity index (χ2n) is 5.62. The topological polar surface area (TPSA) is 62.4 Å². The first-order valence-electron chi connectivity index (χ1n) is 7.99. The van der Waals surface area contributed by atoms with Gasteiger partial charge in [0.25, 0.3) is 0 Å². The number of halogens is 1. The minimum Gasteiger partial charge on any atom is -0.374 e. The number of dihydropyridines is 1. The number of rotatable bonds is 8. The van der Waals surface area contributed by atoms with Gasteiger partial charge in [0.1, 0.15) is 0 Å². The van der Waals surface area contributed by atoms with Gasteiger partial charge in [-0.3, -0.25) is 4.79 Å². The minimum atomic E-state index is -0.0324. The minimum absolute atomic E-state index is 0.0324. The predicted octanol–water partition coefficient (Wildman–Crippen LogP) is 2.17. The summed E-state index contributed by atoms with van der Waals surface area (Å²) in [4.78, 5) is 11.1. The summed E-state index contributed by atoms with van der Waals surface area (Å²) in [5.74, 6) is 0.111. The molecule has 0 saturated carbocycles. The highest BCUT2D eigenvalue weighted by molar-refractivity contribution is 6.31. The Bertz CT molecular complexity index is 628. The number of carbonyl (C=O) groups is 1. The third-order valence-corrected chi connectivity index (χ3v) is 4.02. The van der Waals surface area contributed by atoms with Gasteiger partial charge in [-0.15, -0.1) is 0 Å². The summed E-state index contributed by atoms with van der Waals surface area (Å²) in [7, 11) is 1.62. The van der Waals surface area contributed by atoms with Crippen LogP contribution in [-0.2, 0) is 9.53 Å². The van der Waals surface area contributed by atoms with Gasteiger partial charge < -0.3 is 20.7 Å². The summed E-state index contributed by atoms with van der Waals surface area (Å²) in [5, 5.41) is 9.67. The molecule has 2 rings (SSSR count). The van der Waals surface area contributed by atoms with Crippen LogP contribution in [0.3, 0.4) is 0 Å². The average Bonchev–Trinajstić information content (AvgIpc) is 2.57. The van der Waals surface area contributed by atoms with Crippen LogP contribution in [0.25, 0.3) is 0 Å². The molecule has 1 aliphatic heterocycles. The Balaban J connectivity index is 1.83. The van der Waals surface area contributed by atoms with Gasteiger partial charge in [-0.25, -0.2) is 0 Å². The molecule has 0 spiro atoms. The summed E-state index contributed by atoms with van der Waals surface area (Å²) in [5.41, 5.74) is 3.19. The average molecular weight is 350 g/mol. The van der Waals surface area contributed by atoms with Crippen LogP contribution in [0.5, 0.6) is 0 Å². The van der Waals surface area contributed by atoms with E-state index in [4.69, 9.17) is 16.3 Å². The molecular weight excluding hydrogens is 326 g/mol. The molecule has 0 aromatic heterocycles. The Morgan fingerprint density at radius 2 is 2.12 bits per heavy atom. The molecule has 0 aliphatic carbocycles. The van der Waals surface area contributed by atoms with Gasteiger partial charge in [-0.05, 0) is 18.6 Å². The Morgan fingerprint density at radius 3 is 2.88 bits per heavy atom. The van der Waals surface area contributed by atoms with Crippen molar-refractivity contribution in [1.82, 2.24) is 16.0 Å². The zero-order valence-corrected chi connectivity index (χ0v) is 14.8. The van der Waals surface area contributed by atoms with Crippen LogP contribution in [-0.4, -0.2) is 39.3 Å². The maximum absolute atomic E-state index is 11.1. The molecule has 1 aromatic carbocycles. The number of amides is 1. The molecular formula is C18H24ClN3O2. The van der Waals surface area contributed by atoms with Crippen molar-refractivity contribution in [3.05, 3.63) is 58.4 Å². The third-order valence-electron chi connectivity index (χ3n) is 3.68. The SMILES string of the molecule is CNC(=O)CNCCOCC1=CC(c2ccccc2Cl)C=C(C)N1. The number of carbonyl (C=O) groups excluding carboxylic acids is 1. The van der Waals surface area contributed by atoms with E-state index in [1.54, 1.807) is 7.05 Å². The van der Waals surface area contributed by atoms with E-state index in [0.29, 0.717) is 26.3 Å². The lowest BCUT2D eigenvalue weighted by Gasteiger charge is -2.22. The molecule has 3 N–H and O–H groups in total. The molecule has 1 unspecified atom stereocenters. The van der Waals surface area contributed by atoms with Crippen LogP contribution in [0.4, 0.5) is 0 Å². The van der Waals surface area contributed by atoms with Crippen molar-refractivity contribution in [1.29, 1.82) is 0 Å². The smallest absolute Gasteiger partial charge is 0.233 e. The highest BCUT2D eigenvalue weighted by Gasteiger charge is 2.15. The van der Waals surface area contributed by atoms with E-state index in [2.05, 4.69) is 28.1 Å². The van der Waals surface area contributed by atoms with Gasteiger partial charge in [0, 0.05) is 35.9 Å². The zero-order valence-electron chi connectivity index (χ0n) is 14.1. The van der Waals surface area contributed by atoms with Crippen LogP contribution >= 0.6 is 11.6 Å². The second kappa shape index (κ2) is 9.47. The molecule has 0 radical (unpaired) electrons. The van der Waals surface area contributed by atoms with Gasteiger partial charge >= 0.3 is 0 Å². The van der Waals surface area contributed by atoms with E-state index in [9.17, 15) is 4.79 Å². The van der Waals surface area contributed by atoms with Gasteiger partial charge in [-0.1, -0.05) is 42.0 Å². The number of likely N-dealkylation sites (N-methyl/N-ethyl adjacent to an activating group) is 1. The van der Waals surface area contributed by atoms with Crippen LogP contribution in [0.15, 0.2) is 47.8 Å². The molecule has 5 nitrogen and oxygen atoms in total. The summed E-state index contributed by atoms with van der Waals surface area (Å²) < 4.78 is 5.67. The van der Waals surface area contributed by atoms with Crippen molar-refractivity contribution < 1.29 is 9.53 Å². The molecule has 1 atom stereocenters. The van der Waals surface area contributed by atoms with Crippen LogP contribution in [0, 0.1) is 0 Å². The lowest BCUT2D eigenvalue weighted by atomic mass is 9.94. The molecule has 0 fully saturated rings. The van der Waals surface area contributed by atoms with Gasteiger partial charge in [-0.2, -0.15) is 0 Å². The summed E-state index contributed by atoms with van der Waals surface area (Å²) in [6, 6.07) is 7.88.